The van der Waals surface area contributed by atoms with E-state index in [0.717, 1.165) is 91.8 Å². The van der Waals surface area contributed by atoms with E-state index in [1.807, 2.05) is 97.1 Å². The molecule has 404 valence electrons. The summed E-state index contributed by atoms with van der Waals surface area (Å²) in [5, 5.41) is 4.34. The third-order valence-electron chi connectivity index (χ3n) is 17.2. The van der Waals surface area contributed by atoms with Crippen LogP contribution in [0.25, 0.3) is 50.2 Å². The van der Waals surface area contributed by atoms with Gasteiger partial charge in [0.15, 0.2) is 5.60 Å². The minimum atomic E-state index is -4.91. The van der Waals surface area contributed by atoms with Gasteiger partial charge in [0.05, 0.1) is 14.2 Å². The fraction of sp³-hybridized carbons (Fsp3) is 0.300. The first-order valence-corrected chi connectivity index (χ1v) is 28.2. The molecule has 1 unspecified atom stereocenters. The third-order valence-corrected chi connectivity index (χ3v) is 17.2. The van der Waals surface area contributed by atoms with Crippen LogP contribution in [0.2, 0.25) is 0 Å². The second-order valence-corrected chi connectivity index (χ2v) is 22.0. The van der Waals surface area contributed by atoms with E-state index in [2.05, 4.69) is 85.4 Å². The zero-order valence-corrected chi connectivity index (χ0v) is 45.8. The van der Waals surface area contributed by atoms with Gasteiger partial charge in [0.25, 0.3) is 5.91 Å². The zero-order valence-electron chi connectivity index (χ0n) is 45.8. The number of hydrogen-bond donors (Lipinski definition) is 1. The average molecular weight is 1060 g/mol. The molecule has 0 radical (unpaired) electrons. The molecule has 1 amide bonds. The lowest BCUT2D eigenvalue weighted by atomic mass is 9.72. The highest BCUT2D eigenvalue weighted by Crippen LogP contribution is 2.60. The van der Waals surface area contributed by atoms with E-state index in [4.69, 9.17) is 14.2 Å². The van der Waals surface area contributed by atoms with Crippen LogP contribution < -0.4 is 24.3 Å². The summed E-state index contributed by atoms with van der Waals surface area (Å²) in [6, 6.07) is 51.2. The van der Waals surface area contributed by atoms with E-state index in [0.29, 0.717) is 39.8 Å². The summed E-state index contributed by atoms with van der Waals surface area (Å²) in [4.78, 5) is 13.6. The fourth-order valence-electron chi connectivity index (χ4n) is 12.8. The normalized spacial score (nSPS) is 18.0. The summed E-state index contributed by atoms with van der Waals surface area (Å²) in [5.74, 6) is 2.81. The Morgan fingerprint density at radius 1 is 0.646 bits per heavy atom. The number of nitrogens with one attached hydrogen (secondary N) is 1. The minimum absolute atomic E-state index is 0.192. The van der Waals surface area contributed by atoms with Crippen molar-refractivity contribution in [1.29, 1.82) is 0 Å². The van der Waals surface area contributed by atoms with E-state index in [-0.39, 0.29) is 11.7 Å². The van der Waals surface area contributed by atoms with Crippen molar-refractivity contribution in [1.82, 2.24) is 0 Å². The van der Waals surface area contributed by atoms with Gasteiger partial charge in [-0.05, 0) is 178 Å². The molecule has 8 aromatic carbocycles. The van der Waals surface area contributed by atoms with Crippen molar-refractivity contribution in [2.75, 3.05) is 19.5 Å². The van der Waals surface area contributed by atoms with Crippen LogP contribution in [-0.4, -0.2) is 26.5 Å². The first-order chi connectivity index (χ1) is 38.3. The van der Waals surface area contributed by atoms with Gasteiger partial charge in [0.1, 0.15) is 23.0 Å². The number of ether oxygens (including phenoxy) is 4. The lowest BCUT2D eigenvalue weighted by Gasteiger charge is -2.39. The summed E-state index contributed by atoms with van der Waals surface area (Å²) >= 11 is 0. The van der Waals surface area contributed by atoms with Crippen LogP contribution in [0.4, 0.5) is 18.9 Å². The Labute approximate surface area is 462 Å². The number of fused-ring (bicyclic) bond motifs is 8. The minimum Gasteiger partial charge on any atom is -0.497 e. The number of halogens is 3. The van der Waals surface area contributed by atoms with E-state index < -0.39 is 17.4 Å². The van der Waals surface area contributed by atoms with Crippen LogP contribution in [0, 0.1) is 5.92 Å². The quantitative estimate of drug-likeness (QED) is 0.0921. The number of rotatable bonds is 17. The molecule has 1 saturated carbocycles. The van der Waals surface area contributed by atoms with Gasteiger partial charge < -0.3 is 24.3 Å². The number of hydrogen-bond acceptors (Lipinski definition) is 5. The fourth-order valence-corrected chi connectivity index (χ4v) is 12.8. The Morgan fingerprint density at radius 2 is 1.23 bits per heavy atom. The summed E-state index contributed by atoms with van der Waals surface area (Å²) < 4.78 is 65.2. The molecule has 3 aliphatic rings. The Kier molecular flexibility index (Phi) is 14.9. The molecule has 0 aromatic heterocycles. The third kappa shape index (κ3) is 10.5. The average Bonchev–Trinajstić information content (AvgIpc) is 3.27. The van der Waals surface area contributed by atoms with Crippen molar-refractivity contribution in [2.24, 2.45) is 5.92 Å². The van der Waals surface area contributed by atoms with Gasteiger partial charge in [-0.1, -0.05) is 150 Å². The molecule has 0 saturated heterocycles. The number of unbranched alkanes of at least 4 members (excludes halogenated alkanes) is 3. The van der Waals surface area contributed by atoms with E-state index >= 15 is 0 Å². The lowest BCUT2D eigenvalue weighted by Crippen LogP contribution is -2.35. The highest BCUT2D eigenvalue weighted by molar-refractivity contribution is 6.09. The number of amides is 1. The van der Waals surface area contributed by atoms with Gasteiger partial charge in [0.2, 0.25) is 0 Å². The van der Waals surface area contributed by atoms with Gasteiger partial charge in [-0.15, -0.1) is 13.2 Å². The highest BCUT2D eigenvalue weighted by atomic mass is 19.4. The molecule has 11 rings (SSSR count). The smallest absolute Gasteiger partial charge is 0.497 e. The van der Waals surface area contributed by atoms with E-state index in [9.17, 15) is 18.0 Å². The molecule has 79 heavy (non-hydrogen) atoms. The zero-order chi connectivity index (χ0) is 54.9. The maximum absolute atomic E-state index is 14.0. The standard InChI is InChI=1S/C70H68F3NO5/c1-6-8-10-11-45-12-14-46(15-13-45)47-16-18-48(19-17-47)49-20-22-51(23-21-49)67(75)74-55-31-24-50(25-32-55)52-26-39-63-62(43-52)64-59-38-37-58(78-70(71,72)73)44-61(59)66-60(65(64)68(63,3)41-9-7-2)40-42-69(79-66,53-27-33-56(76-4)34-28-53)54-29-35-57(77-5)36-30-54/h16-40,42-46H,6-15,41H2,1-5H3,(H,74,75)/t45-,46-,68?. The second kappa shape index (κ2) is 22.2. The Bertz CT molecular complexity index is 3460. The molecule has 0 bridgehead atoms. The SMILES string of the molecule is CCCCC[C@H]1CC[C@H](c2ccc(-c3ccc(C(=O)Nc4ccc(-c5ccc6c(c5)-c5c(c7c(c8cc(OC(F)(F)F)ccc58)OC(c5ccc(OC)cc5)(c5ccc(OC)cc5)C=C7)C6(C)CCCC)cc4)cc3)cc2)CC1. The van der Waals surface area contributed by atoms with Gasteiger partial charge in [-0.2, -0.15) is 0 Å². The Hall–Kier alpha value is -7.78. The first-order valence-electron chi connectivity index (χ1n) is 28.2. The summed E-state index contributed by atoms with van der Waals surface area (Å²) in [6.45, 7) is 6.75. The Morgan fingerprint density at radius 3 is 1.84 bits per heavy atom. The van der Waals surface area contributed by atoms with Crippen LogP contribution in [0.15, 0.2) is 164 Å². The van der Waals surface area contributed by atoms with Gasteiger partial charge in [-0.3, -0.25) is 4.79 Å². The molecular weight excluding hydrogens is 992 g/mol. The second-order valence-electron chi connectivity index (χ2n) is 22.0. The predicted octanol–water partition coefficient (Wildman–Crippen LogP) is 19.0. The lowest BCUT2D eigenvalue weighted by molar-refractivity contribution is -0.274. The van der Waals surface area contributed by atoms with Crippen molar-refractivity contribution >= 4 is 28.4 Å². The van der Waals surface area contributed by atoms with Crippen LogP contribution >= 0.6 is 0 Å². The molecule has 6 nitrogen and oxygen atoms in total. The molecule has 1 N–H and O–H groups in total. The van der Waals surface area contributed by atoms with Crippen LogP contribution in [0.5, 0.6) is 23.0 Å². The summed E-state index contributed by atoms with van der Waals surface area (Å²) in [6.07, 6.45) is 12.6. The van der Waals surface area contributed by atoms with Crippen molar-refractivity contribution in [3.8, 4) is 56.4 Å². The maximum Gasteiger partial charge on any atom is 0.573 e. The van der Waals surface area contributed by atoms with Crippen LogP contribution in [0.1, 0.15) is 141 Å². The van der Waals surface area contributed by atoms with Crippen LogP contribution in [-0.2, 0) is 11.0 Å². The molecule has 1 atom stereocenters. The predicted molar refractivity (Wildman–Crippen MR) is 313 cm³/mol. The van der Waals surface area contributed by atoms with Crippen LogP contribution in [0.3, 0.4) is 0 Å². The maximum atomic E-state index is 14.0. The van der Waals surface area contributed by atoms with Crippen molar-refractivity contribution in [3.63, 3.8) is 0 Å². The largest absolute Gasteiger partial charge is 0.573 e. The molecule has 9 heteroatoms. The number of carbonyl (C=O) groups is 1. The number of alkyl halides is 3. The van der Waals surface area contributed by atoms with E-state index in [1.165, 1.54) is 69.1 Å². The molecule has 8 aromatic rings. The topological polar surface area (TPSA) is 66.0 Å². The van der Waals surface area contributed by atoms with Crippen molar-refractivity contribution in [2.45, 2.75) is 115 Å². The van der Waals surface area contributed by atoms with Gasteiger partial charge >= 0.3 is 6.36 Å². The van der Waals surface area contributed by atoms with Crippen molar-refractivity contribution < 1.29 is 36.9 Å². The van der Waals surface area contributed by atoms with Crippen molar-refractivity contribution in [3.05, 3.63) is 203 Å². The summed E-state index contributed by atoms with van der Waals surface area (Å²) in [5.41, 5.74) is 11.7. The number of carbonyl (C=O) groups excluding carboxylic acids is 1. The number of methoxy groups -OCH3 is 2. The number of anilines is 1. The molecule has 1 fully saturated rings. The van der Waals surface area contributed by atoms with E-state index in [1.54, 1.807) is 20.3 Å². The Balaban J connectivity index is 0.892. The van der Waals surface area contributed by atoms with Gasteiger partial charge in [0, 0.05) is 38.7 Å². The molecule has 1 aliphatic heterocycles. The molecule has 0 spiro atoms. The summed E-state index contributed by atoms with van der Waals surface area (Å²) in [7, 11) is 3.23. The molecular formula is C70H68F3NO5. The number of benzene rings is 8. The monoisotopic (exact) mass is 1060 g/mol. The first kappa shape index (κ1) is 53.2. The molecule has 1 heterocycles. The highest BCUT2D eigenvalue weighted by Gasteiger charge is 2.46. The molecule has 2 aliphatic carbocycles. The van der Waals surface area contributed by atoms with Gasteiger partial charge in [-0.25, -0.2) is 0 Å².